The van der Waals surface area contributed by atoms with Gasteiger partial charge in [0.2, 0.25) is 0 Å². The molecule has 1 aliphatic carbocycles. The van der Waals surface area contributed by atoms with Crippen LogP contribution in [0.4, 0.5) is 5.69 Å². The number of likely N-dealkylation sites (tertiary alicyclic amines) is 1. The summed E-state index contributed by atoms with van der Waals surface area (Å²) >= 11 is 6.99. The highest BCUT2D eigenvalue weighted by molar-refractivity contribution is 6.36. The average Bonchev–Trinajstić information content (AvgIpc) is 2.94. The number of anilines is 1. The fourth-order valence-corrected chi connectivity index (χ4v) is 6.94. The van der Waals surface area contributed by atoms with Crippen molar-refractivity contribution < 1.29 is 14.3 Å². The van der Waals surface area contributed by atoms with Crippen LogP contribution in [0.25, 0.3) is 0 Å². The number of hydrogen-bond acceptors (Lipinski definition) is 6. The molecule has 2 saturated heterocycles. The molecule has 9 heteroatoms. The van der Waals surface area contributed by atoms with E-state index in [2.05, 4.69) is 27.0 Å². The Morgan fingerprint density at radius 3 is 2.56 bits per heavy atom. The zero-order valence-electron chi connectivity index (χ0n) is 24.8. The molecule has 1 amide bonds. The van der Waals surface area contributed by atoms with Gasteiger partial charge < -0.3 is 29.6 Å². The Balaban J connectivity index is 1.34. The lowest BCUT2D eigenvalue weighted by Gasteiger charge is -2.40. The fraction of sp³-hybridized carbons (Fsp3) is 0.625. The van der Waals surface area contributed by atoms with Crippen molar-refractivity contribution in [1.29, 1.82) is 0 Å². The van der Waals surface area contributed by atoms with Crippen LogP contribution in [-0.4, -0.2) is 67.3 Å². The molecule has 2 aliphatic heterocycles. The quantitative estimate of drug-likeness (QED) is 0.398. The minimum atomic E-state index is -0.319. The Labute approximate surface area is 248 Å². The van der Waals surface area contributed by atoms with Crippen molar-refractivity contribution in [2.24, 2.45) is 5.92 Å². The Hall–Kier alpha value is -2.55. The lowest BCUT2D eigenvalue weighted by Crippen LogP contribution is -2.43. The number of rotatable bonds is 10. The van der Waals surface area contributed by atoms with Crippen molar-refractivity contribution in [2.45, 2.75) is 84.4 Å². The number of aryl methyl sites for hydroxylation is 2. The molecule has 1 aromatic carbocycles. The summed E-state index contributed by atoms with van der Waals surface area (Å²) in [5.74, 6) is 1.02. The van der Waals surface area contributed by atoms with Gasteiger partial charge in [-0.3, -0.25) is 9.59 Å². The predicted octanol–water partition coefficient (Wildman–Crippen LogP) is 5.22. The number of nitrogens with one attached hydrogen (secondary N) is 2. The molecular weight excluding hydrogens is 540 g/mol. The van der Waals surface area contributed by atoms with Gasteiger partial charge in [-0.2, -0.15) is 0 Å². The molecule has 2 aromatic rings. The standard InChI is InChI=1S/C32H45ClN4O4/c1-4-37(24-8-12-40-13-9-24)29-18-26(41-25-15-23(16-25)20-36-10-6-5-7-11-36)17-27(30(29)33)31(38)34-19-28-21(2)14-22(3)35-32(28)39/h14,17-18,23-25H,4-13,15-16,19-20H2,1-3H3,(H,34,38)(H,35,39)/t23-,25-. The summed E-state index contributed by atoms with van der Waals surface area (Å²) in [7, 11) is 0. The number of benzene rings is 1. The molecular formula is C32H45ClN4O4. The van der Waals surface area contributed by atoms with E-state index in [0.717, 1.165) is 55.7 Å². The number of nitrogens with zero attached hydrogens (tertiary/aromatic N) is 2. The average molecular weight is 585 g/mol. The van der Waals surface area contributed by atoms with Crippen LogP contribution in [0.1, 0.15) is 79.0 Å². The summed E-state index contributed by atoms with van der Waals surface area (Å²) in [6.07, 6.45) is 7.99. The van der Waals surface area contributed by atoms with E-state index in [4.69, 9.17) is 21.1 Å². The van der Waals surface area contributed by atoms with Crippen LogP contribution in [0.15, 0.2) is 23.0 Å². The monoisotopic (exact) mass is 584 g/mol. The third-order valence-electron chi connectivity index (χ3n) is 8.93. The number of carbonyl (C=O) groups excluding carboxylic acids is 1. The number of aromatic nitrogens is 1. The third kappa shape index (κ3) is 7.27. The van der Waals surface area contributed by atoms with Crippen molar-refractivity contribution in [3.63, 3.8) is 0 Å². The van der Waals surface area contributed by atoms with E-state index in [9.17, 15) is 9.59 Å². The minimum absolute atomic E-state index is 0.120. The zero-order valence-corrected chi connectivity index (χ0v) is 25.5. The van der Waals surface area contributed by atoms with Gasteiger partial charge in [-0.25, -0.2) is 0 Å². The second-order valence-electron chi connectivity index (χ2n) is 12.0. The van der Waals surface area contributed by atoms with Crippen LogP contribution in [0, 0.1) is 19.8 Å². The van der Waals surface area contributed by atoms with Crippen LogP contribution in [0.2, 0.25) is 5.02 Å². The highest BCUT2D eigenvalue weighted by Crippen LogP contribution is 2.39. The molecule has 1 saturated carbocycles. The second-order valence-corrected chi connectivity index (χ2v) is 12.4. The van der Waals surface area contributed by atoms with E-state index < -0.39 is 0 Å². The zero-order chi connectivity index (χ0) is 28.9. The summed E-state index contributed by atoms with van der Waals surface area (Å²) in [5, 5.41) is 3.35. The molecule has 0 spiro atoms. The van der Waals surface area contributed by atoms with E-state index in [1.54, 1.807) is 6.07 Å². The minimum Gasteiger partial charge on any atom is -0.490 e. The van der Waals surface area contributed by atoms with Crippen LogP contribution < -0.4 is 20.5 Å². The molecule has 5 rings (SSSR count). The molecule has 8 nitrogen and oxygen atoms in total. The van der Waals surface area contributed by atoms with Crippen molar-refractivity contribution in [1.82, 2.24) is 15.2 Å². The molecule has 3 aliphatic rings. The van der Waals surface area contributed by atoms with Gasteiger partial charge in [0.25, 0.3) is 11.5 Å². The van der Waals surface area contributed by atoms with E-state index in [1.165, 1.54) is 32.4 Å². The molecule has 3 fully saturated rings. The van der Waals surface area contributed by atoms with Crippen molar-refractivity contribution >= 4 is 23.2 Å². The highest BCUT2D eigenvalue weighted by atomic mass is 35.5. The number of piperidine rings is 1. The summed E-state index contributed by atoms with van der Waals surface area (Å²) in [4.78, 5) is 33.8. The van der Waals surface area contributed by atoms with Gasteiger partial charge in [0.1, 0.15) is 5.75 Å². The van der Waals surface area contributed by atoms with Gasteiger partial charge in [-0.15, -0.1) is 0 Å². The van der Waals surface area contributed by atoms with E-state index in [-0.39, 0.29) is 30.2 Å². The second kappa shape index (κ2) is 13.6. The van der Waals surface area contributed by atoms with Crippen molar-refractivity contribution in [3.05, 3.63) is 56.0 Å². The first-order chi connectivity index (χ1) is 19.8. The third-order valence-corrected chi connectivity index (χ3v) is 9.33. The largest absolute Gasteiger partial charge is 0.490 e. The maximum atomic E-state index is 13.6. The summed E-state index contributed by atoms with van der Waals surface area (Å²) in [5.41, 5.74) is 3.18. The summed E-state index contributed by atoms with van der Waals surface area (Å²) < 4.78 is 12.1. The van der Waals surface area contributed by atoms with Gasteiger partial charge in [-0.05, 0) is 96.0 Å². The number of aromatic amines is 1. The smallest absolute Gasteiger partial charge is 0.253 e. The van der Waals surface area contributed by atoms with E-state index >= 15 is 0 Å². The van der Waals surface area contributed by atoms with Crippen LogP contribution in [-0.2, 0) is 11.3 Å². The van der Waals surface area contributed by atoms with Crippen LogP contribution >= 0.6 is 11.6 Å². The van der Waals surface area contributed by atoms with E-state index in [1.807, 2.05) is 26.0 Å². The number of hydrogen-bond donors (Lipinski definition) is 2. The van der Waals surface area contributed by atoms with Crippen LogP contribution in [0.5, 0.6) is 5.75 Å². The number of H-pyrrole nitrogens is 1. The SMILES string of the molecule is CCN(c1cc(O[C@H]2C[C@H](CN3CCCCC3)C2)cc(C(=O)NCc2c(C)cc(C)[nH]c2=O)c1Cl)C1CCOCC1. The normalized spacial score (nSPS) is 21.8. The lowest BCUT2D eigenvalue weighted by atomic mass is 9.81. The number of ether oxygens (including phenoxy) is 2. The number of pyridine rings is 1. The summed E-state index contributed by atoms with van der Waals surface area (Å²) in [6, 6.07) is 5.96. The molecule has 1 aromatic heterocycles. The van der Waals surface area contributed by atoms with Crippen molar-refractivity contribution in [2.75, 3.05) is 44.3 Å². The van der Waals surface area contributed by atoms with Gasteiger partial charge in [-0.1, -0.05) is 18.0 Å². The Morgan fingerprint density at radius 2 is 1.88 bits per heavy atom. The molecule has 0 bridgehead atoms. The van der Waals surface area contributed by atoms with Crippen LogP contribution in [0.3, 0.4) is 0 Å². The fourth-order valence-electron chi connectivity index (χ4n) is 6.63. The molecule has 41 heavy (non-hydrogen) atoms. The maximum absolute atomic E-state index is 13.6. The lowest BCUT2D eigenvalue weighted by molar-refractivity contribution is 0.0391. The first kappa shape index (κ1) is 29.9. The summed E-state index contributed by atoms with van der Waals surface area (Å²) in [6.45, 7) is 11.7. The predicted molar refractivity (Wildman–Crippen MR) is 163 cm³/mol. The maximum Gasteiger partial charge on any atom is 0.253 e. The first-order valence-electron chi connectivity index (χ1n) is 15.4. The molecule has 224 valence electrons. The van der Waals surface area contributed by atoms with E-state index in [0.29, 0.717) is 41.0 Å². The molecule has 2 N–H and O–H groups in total. The van der Waals surface area contributed by atoms with Gasteiger partial charge in [0.15, 0.2) is 0 Å². The highest BCUT2D eigenvalue weighted by Gasteiger charge is 2.33. The number of halogens is 1. The molecule has 0 radical (unpaired) electrons. The van der Waals surface area contributed by atoms with Crippen molar-refractivity contribution in [3.8, 4) is 5.75 Å². The first-order valence-corrected chi connectivity index (χ1v) is 15.7. The Kier molecular flexibility index (Phi) is 9.94. The number of carbonyl (C=O) groups is 1. The Bertz CT molecular complexity index is 1260. The topological polar surface area (TPSA) is 86.9 Å². The molecule has 0 atom stereocenters. The van der Waals surface area contributed by atoms with Gasteiger partial charge in [0.05, 0.1) is 22.4 Å². The van der Waals surface area contributed by atoms with Gasteiger partial charge in [0, 0.05) is 56.2 Å². The van der Waals surface area contributed by atoms with Gasteiger partial charge >= 0.3 is 0 Å². The number of amides is 1. The Morgan fingerprint density at radius 1 is 1.15 bits per heavy atom. The molecule has 3 heterocycles. The molecule has 0 unspecified atom stereocenters.